The Labute approximate surface area is 233 Å². The molecule has 39 heavy (non-hydrogen) atoms. The summed E-state index contributed by atoms with van der Waals surface area (Å²) >= 11 is 6.61. The topological polar surface area (TPSA) is 85.4 Å². The zero-order valence-electron chi connectivity index (χ0n) is 22.5. The van der Waals surface area contributed by atoms with Crippen molar-refractivity contribution >= 4 is 35.1 Å². The Morgan fingerprint density at radius 2 is 1.92 bits per heavy atom. The van der Waals surface area contributed by atoms with E-state index in [4.69, 9.17) is 16.3 Å². The molecule has 206 valence electrons. The van der Waals surface area contributed by atoms with Gasteiger partial charge in [0, 0.05) is 82.7 Å². The Morgan fingerprint density at radius 3 is 2.67 bits per heavy atom. The lowest BCUT2D eigenvalue weighted by Crippen LogP contribution is -2.49. The van der Waals surface area contributed by atoms with Crippen molar-refractivity contribution in [2.45, 2.75) is 37.7 Å². The van der Waals surface area contributed by atoms with Gasteiger partial charge >= 0.3 is 6.03 Å². The van der Waals surface area contributed by atoms with Gasteiger partial charge in [-0.25, -0.2) is 4.79 Å². The number of nitrogens with zero attached hydrogens (tertiary/aromatic N) is 4. The minimum Gasteiger partial charge on any atom is -0.380 e. The second kappa shape index (κ2) is 11.4. The lowest BCUT2D eigenvalue weighted by molar-refractivity contribution is -0.132. The minimum atomic E-state index is -0.581. The van der Waals surface area contributed by atoms with Crippen LogP contribution in [-0.4, -0.2) is 91.6 Å². The van der Waals surface area contributed by atoms with Crippen LogP contribution in [0.2, 0.25) is 5.02 Å². The molecule has 2 aromatic carbocycles. The van der Waals surface area contributed by atoms with Crippen molar-refractivity contribution in [3.63, 3.8) is 0 Å². The number of carbonyl (C=O) groups excluding carboxylic acids is 3. The van der Waals surface area contributed by atoms with E-state index in [9.17, 15) is 14.4 Å². The molecule has 10 heteroatoms. The van der Waals surface area contributed by atoms with Crippen LogP contribution in [0.3, 0.4) is 0 Å². The summed E-state index contributed by atoms with van der Waals surface area (Å²) in [5.74, 6) is -0.258. The van der Waals surface area contributed by atoms with E-state index in [0.717, 1.165) is 24.3 Å². The summed E-state index contributed by atoms with van der Waals surface area (Å²) in [6, 6.07) is 12.4. The highest BCUT2D eigenvalue weighted by Crippen LogP contribution is 2.31. The van der Waals surface area contributed by atoms with E-state index >= 15 is 0 Å². The largest absolute Gasteiger partial charge is 0.380 e. The molecular formula is C29H34ClN5O4. The van der Waals surface area contributed by atoms with Gasteiger partial charge in [-0.05, 0) is 29.3 Å². The molecule has 0 spiro atoms. The number of rotatable bonds is 5. The molecule has 3 heterocycles. The highest BCUT2D eigenvalue weighted by Gasteiger charge is 2.40. The zero-order chi connectivity index (χ0) is 27.7. The number of para-hydroxylation sites is 1. The van der Waals surface area contributed by atoms with Gasteiger partial charge in [-0.15, -0.1) is 0 Å². The number of likely N-dealkylation sites (N-methyl/N-ethyl adjacent to an activating group) is 1. The smallest absolute Gasteiger partial charge is 0.318 e. The first kappa shape index (κ1) is 27.2. The van der Waals surface area contributed by atoms with Crippen molar-refractivity contribution in [3.05, 3.63) is 76.3 Å². The third kappa shape index (κ3) is 5.52. The molecule has 4 amide bonds. The van der Waals surface area contributed by atoms with Crippen LogP contribution in [0.4, 0.5) is 10.5 Å². The van der Waals surface area contributed by atoms with Crippen LogP contribution in [0, 0.1) is 0 Å². The lowest BCUT2D eigenvalue weighted by atomic mass is 10.1. The van der Waals surface area contributed by atoms with Crippen LogP contribution in [0.5, 0.6) is 0 Å². The Kier molecular flexibility index (Phi) is 7.93. The molecule has 1 fully saturated rings. The number of hydrogen-bond acceptors (Lipinski definition) is 5. The number of ether oxygens (including phenoxy) is 1. The van der Waals surface area contributed by atoms with Crippen molar-refractivity contribution in [1.29, 1.82) is 0 Å². The summed E-state index contributed by atoms with van der Waals surface area (Å²) in [6.07, 6.45) is 4.57. The van der Waals surface area contributed by atoms with Crippen LogP contribution in [0.1, 0.15) is 27.9 Å². The third-order valence-electron chi connectivity index (χ3n) is 7.75. The van der Waals surface area contributed by atoms with Crippen LogP contribution in [-0.2, 0) is 22.6 Å². The zero-order valence-corrected chi connectivity index (χ0v) is 23.2. The summed E-state index contributed by atoms with van der Waals surface area (Å²) in [5, 5.41) is 3.27. The van der Waals surface area contributed by atoms with Crippen molar-refractivity contribution in [2.24, 2.45) is 0 Å². The average molecular weight is 552 g/mol. The molecule has 0 saturated carbocycles. The first-order valence-electron chi connectivity index (χ1n) is 13.1. The van der Waals surface area contributed by atoms with Gasteiger partial charge in [0.2, 0.25) is 5.91 Å². The predicted molar refractivity (Wildman–Crippen MR) is 150 cm³/mol. The standard InChI is InChI=1S/C29H34ClN5O4/c1-32(2)28(37)26-14-23(39-3)18-35(26)29(38)31-15-20-11-10-19(13-24(20)30)27(36)34-17-22-8-6-12-33(22)16-21-7-4-5-9-25(21)34/h4-11,13,22-23,26H,12,14-18H2,1-3H3,(H,31,38)/t22?,23-,26+/m1/s1. The molecule has 9 nitrogen and oxygen atoms in total. The molecule has 3 aliphatic rings. The summed E-state index contributed by atoms with van der Waals surface area (Å²) < 4.78 is 5.42. The molecule has 5 rings (SSSR count). The molecule has 1 unspecified atom stereocenters. The average Bonchev–Trinajstić information content (AvgIpc) is 3.54. The van der Waals surface area contributed by atoms with Crippen LogP contribution < -0.4 is 10.2 Å². The van der Waals surface area contributed by atoms with E-state index in [1.165, 1.54) is 9.80 Å². The van der Waals surface area contributed by atoms with Crippen LogP contribution in [0.25, 0.3) is 0 Å². The molecule has 1 N–H and O–H groups in total. The summed E-state index contributed by atoms with van der Waals surface area (Å²) in [5.41, 5.74) is 3.20. The number of fused-ring (bicyclic) bond motifs is 2. The fourth-order valence-electron chi connectivity index (χ4n) is 5.55. The number of halogens is 1. The van der Waals surface area contributed by atoms with Gasteiger partial charge in [-0.3, -0.25) is 14.5 Å². The summed E-state index contributed by atoms with van der Waals surface area (Å²) in [7, 11) is 4.92. The van der Waals surface area contributed by atoms with Gasteiger partial charge in [0.1, 0.15) is 6.04 Å². The van der Waals surface area contributed by atoms with Gasteiger partial charge in [0.05, 0.1) is 6.10 Å². The molecule has 2 aromatic rings. The first-order chi connectivity index (χ1) is 18.8. The SMILES string of the molecule is CO[C@@H]1C[C@@H](C(=O)N(C)C)N(C(=O)NCc2ccc(C(=O)N3CC4C=CCN4Cc4ccccc43)cc2Cl)C1. The van der Waals surface area contributed by atoms with Gasteiger partial charge in [-0.2, -0.15) is 0 Å². The highest BCUT2D eigenvalue weighted by molar-refractivity contribution is 6.31. The highest BCUT2D eigenvalue weighted by atomic mass is 35.5. The van der Waals surface area contributed by atoms with Gasteiger partial charge in [-0.1, -0.05) is 48.0 Å². The van der Waals surface area contributed by atoms with E-state index < -0.39 is 6.04 Å². The Bertz CT molecular complexity index is 1300. The third-order valence-corrected chi connectivity index (χ3v) is 8.10. The summed E-state index contributed by atoms with van der Waals surface area (Å²) in [4.78, 5) is 46.6. The number of carbonyl (C=O) groups is 3. The Balaban J connectivity index is 1.29. The first-order valence-corrected chi connectivity index (χ1v) is 13.5. The second-order valence-corrected chi connectivity index (χ2v) is 10.8. The van der Waals surface area contributed by atoms with Gasteiger partial charge in [0.25, 0.3) is 5.91 Å². The fraction of sp³-hybridized carbons (Fsp3) is 0.414. The van der Waals surface area contributed by atoms with Gasteiger partial charge in [0.15, 0.2) is 0 Å². The quantitative estimate of drug-likeness (QED) is 0.577. The van der Waals surface area contributed by atoms with E-state index in [2.05, 4.69) is 28.4 Å². The minimum absolute atomic E-state index is 0.116. The van der Waals surface area contributed by atoms with Crippen molar-refractivity contribution in [1.82, 2.24) is 20.0 Å². The molecule has 0 aromatic heterocycles. The number of amides is 4. The van der Waals surface area contributed by atoms with Crippen molar-refractivity contribution in [2.75, 3.05) is 45.7 Å². The number of anilines is 1. The maximum absolute atomic E-state index is 13.7. The van der Waals surface area contributed by atoms with Crippen molar-refractivity contribution < 1.29 is 19.1 Å². The lowest BCUT2D eigenvalue weighted by Gasteiger charge is -2.26. The molecule has 1 saturated heterocycles. The molecule has 0 aliphatic carbocycles. The van der Waals surface area contributed by atoms with E-state index in [-0.39, 0.29) is 36.5 Å². The second-order valence-electron chi connectivity index (χ2n) is 10.4. The van der Waals surface area contributed by atoms with Crippen LogP contribution in [0.15, 0.2) is 54.6 Å². The number of benzene rings is 2. The Hall–Kier alpha value is -3.40. The normalized spacial score (nSPS) is 22.3. The number of hydrogen-bond donors (Lipinski definition) is 1. The van der Waals surface area contributed by atoms with E-state index in [1.54, 1.807) is 39.4 Å². The number of methoxy groups -OCH3 is 1. The number of likely N-dealkylation sites (tertiary alicyclic amines) is 1. The summed E-state index contributed by atoms with van der Waals surface area (Å²) in [6.45, 7) is 2.73. The number of nitrogens with one attached hydrogen (secondary N) is 1. The van der Waals surface area contributed by atoms with Crippen LogP contribution >= 0.6 is 11.6 Å². The molecule has 3 atom stereocenters. The van der Waals surface area contributed by atoms with Crippen molar-refractivity contribution in [3.8, 4) is 0 Å². The number of urea groups is 1. The maximum atomic E-state index is 13.7. The predicted octanol–water partition coefficient (Wildman–Crippen LogP) is 3.13. The molecule has 0 radical (unpaired) electrons. The molecular weight excluding hydrogens is 518 g/mol. The molecule has 0 bridgehead atoms. The Morgan fingerprint density at radius 1 is 1.13 bits per heavy atom. The molecule has 3 aliphatic heterocycles. The van der Waals surface area contributed by atoms with E-state index in [1.807, 2.05) is 23.1 Å². The van der Waals surface area contributed by atoms with Gasteiger partial charge < -0.3 is 24.8 Å². The maximum Gasteiger partial charge on any atom is 0.318 e. The fourth-order valence-corrected chi connectivity index (χ4v) is 5.80. The monoisotopic (exact) mass is 551 g/mol. The van der Waals surface area contributed by atoms with E-state index in [0.29, 0.717) is 35.7 Å².